The second kappa shape index (κ2) is 9.40. The second-order valence-corrected chi connectivity index (χ2v) is 7.52. The molecule has 0 radical (unpaired) electrons. The quantitative estimate of drug-likeness (QED) is 0.851. The molecular weight excluding hydrogens is 324 g/mol. The molecule has 1 amide bonds. The van der Waals surface area contributed by atoms with E-state index in [2.05, 4.69) is 50.5 Å². The van der Waals surface area contributed by atoms with Crippen molar-refractivity contribution in [2.24, 2.45) is 5.92 Å². The van der Waals surface area contributed by atoms with Gasteiger partial charge in [0.1, 0.15) is 0 Å². The van der Waals surface area contributed by atoms with Gasteiger partial charge in [0.05, 0.1) is 12.2 Å². The van der Waals surface area contributed by atoms with Crippen molar-refractivity contribution in [2.75, 3.05) is 6.54 Å². The summed E-state index contributed by atoms with van der Waals surface area (Å²) in [6, 6.07) is 8.67. The minimum Gasteiger partial charge on any atom is -0.371 e. The Morgan fingerprint density at radius 1 is 1.33 bits per heavy atom. The van der Waals surface area contributed by atoms with Gasteiger partial charge in [-0.2, -0.15) is 0 Å². The van der Waals surface area contributed by atoms with Crippen LogP contribution >= 0.6 is 12.4 Å². The number of hydrogen-bond donors (Lipinski definition) is 2. The number of piperidine rings is 1. The van der Waals surface area contributed by atoms with Crippen molar-refractivity contribution >= 4 is 18.3 Å². The number of halogens is 1. The van der Waals surface area contributed by atoms with E-state index in [0.29, 0.717) is 19.2 Å². The van der Waals surface area contributed by atoms with E-state index in [1.54, 1.807) is 0 Å². The molecule has 0 bridgehead atoms. The molecule has 1 aliphatic rings. The maximum Gasteiger partial charge on any atom is 0.223 e. The first kappa shape index (κ1) is 20.9. The van der Waals surface area contributed by atoms with Crippen molar-refractivity contribution in [2.45, 2.75) is 65.3 Å². The van der Waals surface area contributed by atoms with Gasteiger partial charge in [0.15, 0.2) is 0 Å². The number of hydrogen-bond acceptors (Lipinski definition) is 3. The molecule has 136 valence electrons. The fourth-order valence-corrected chi connectivity index (χ4v) is 2.83. The van der Waals surface area contributed by atoms with E-state index in [9.17, 15) is 4.79 Å². The summed E-state index contributed by atoms with van der Waals surface area (Å²) in [5.41, 5.74) is 2.12. The highest BCUT2D eigenvalue weighted by molar-refractivity contribution is 5.85. The largest absolute Gasteiger partial charge is 0.371 e. The summed E-state index contributed by atoms with van der Waals surface area (Å²) in [7, 11) is 0. The summed E-state index contributed by atoms with van der Waals surface area (Å²) in [5.74, 6) is 0.313. The van der Waals surface area contributed by atoms with Crippen molar-refractivity contribution in [3.63, 3.8) is 0 Å². The molecule has 0 saturated carbocycles. The minimum atomic E-state index is -0.143. The Bertz CT molecular complexity index is 528. The molecule has 1 saturated heterocycles. The van der Waals surface area contributed by atoms with Gasteiger partial charge in [-0.25, -0.2) is 0 Å². The lowest BCUT2D eigenvalue weighted by Crippen LogP contribution is -2.42. The van der Waals surface area contributed by atoms with Gasteiger partial charge in [-0.1, -0.05) is 24.3 Å². The Hall–Kier alpha value is -1.10. The first-order chi connectivity index (χ1) is 10.8. The van der Waals surface area contributed by atoms with E-state index < -0.39 is 0 Å². The molecule has 1 heterocycles. The number of carbonyl (C=O) groups is 1. The predicted octanol–water partition coefficient (Wildman–Crippen LogP) is 3.43. The highest BCUT2D eigenvalue weighted by Gasteiger charge is 2.24. The number of nitrogens with one attached hydrogen (secondary N) is 2. The highest BCUT2D eigenvalue weighted by Crippen LogP contribution is 2.17. The van der Waals surface area contributed by atoms with E-state index in [1.165, 1.54) is 0 Å². The molecule has 2 N–H and O–H groups in total. The molecular formula is C19H31ClN2O2. The van der Waals surface area contributed by atoms with Gasteiger partial charge in [-0.3, -0.25) is 4.79 Å². The van der Waals surface area contributed by atoms with Gasteiger partial charge < -0.3 is 15.4 Å². The number of benzene rings is 1. The first-order valence-corrected chi connectivity index (χ1v) is 8.56. The van der Waals surface area contributed by atoms with Crippen LogP contribution in [0, 0.1) is 5.92 Å². The van der Waals surface area contributed by atoms with Crippen LogP contribution < -0.4 is 10.6 Å². The number of carbonyl (C=O) groups excluding carboxylic acids is 1. The van der Waals surface area contributed by atoms with Gasteiger partial charge in [-0.05, 0) is 58.2 Å². The maximum absolute atomic E-state index is 12.3. The summed E-state index contributed by atoms with van der Waals surface area (Å²) in [5, 5.41) is 6.46. The standard InChI is InChI=1S/C19H30N2O2.ClH/c1-14-10-17(8-9-20-14)18(22)21-12-15-6-5-7-16(11-15)13-23-19(2,3)4;/h5-7,11,14,17,20H,8-10,12-13H2,1-4H3,(H,21,22);1H/t14-,17-;/m0./s1. The lowest BCUT2D eigenvalue weighted by molar-refractivity contribution is -0.126. The fraction of sp³-hybridized carbons (Fsp3) is 0.632. The average molecular weight is 355 g/mol. The van der Waals surface area contributed by atoms with Crippen LogP contribution in [0.15, 0.2) is 24.3 Å². The molecule has 0 aromatic heterocycles. The van der Waals surface area contributed by atoms with E-state index in [-0.39, 0.29) is 29.8 Å². The molecule has 1 aliphatic heterocycles. The number of rotatable bonds is 5. The molecule has 1 aromatic rings. The lowest BCUT2D eigenvalue weighted by atomic mass is 9.92. The maximum atomic E-state index is 12.3. The monoisotopic (exact) mass is 354 g/mol. The van der Waals surface area contributed by atoms with Crippen LogP contribution in [-0.4, -0.2) is 24.1 Å². The molecule has 5 heteroatoms. The average Bonchev–Trinajstić information content (AvgIpc) is 2.50. The predicted molar refractivity (Wildman–Crippen MR) is 100 cm³/mol. The molecule has 4 nitrogen and oxygen atoms in total. The van der Waals surface area contributed by atoms with Gasteiger partial charge in [0, 0.05) is 18.5 Å². The molecule has 0 aliphatic carbocycles. The topological polar surface area (TPSA) is 50.4 Å². The summed E-state index contributed by atoms with van der Waals surface area (Å²) in [6.07, 6.45) is 1.85. The Morgan fingerprint density at radius 2 is 2.04 bits per heavy atom. The second-order valence-electron chi connectivity index (χ2n) is 7.52. The van der Waals surface area contributed by atoms with Crippen molar-refractivity contribution in [3.8, 4) is 0 Å². The van der Waals surface area contributed by atoms with Crippen LogP contribution in [0.3, 0.4) is 0 Å². The molecule has 1 aromatic carbocycles. The fourth-order valence-electron chi connectivity index (χ4n) is 2.83. The molecule has 24 heavy (non-hydrogen) atoms. The molecule has 0 spiro atoms. The van der Waals surface area contributed by atoms with E-state index in [1.807, 2.05) is 12.1 Å². The Morgan fingerprint density at radius 3 is 2.71 bits per heavy atom. The summed E-state index contributed by atoms with van der Waals surface area (Å²) < 4.78 is 5.81. The van der Waals surface area contributed by atoms with Crippen LogP contribution in [0.1, 0.15) is 51.7 Å². The SMILES string of the molecule is C[C@H]1C[C@@H](C(=O)NCc2cccc(COC(C)(C)C)c2)CCN1.Cl. The zero-order chi connectivity index (χ0) is 16.9. The molecule has 2 atom stereocenters. The third-order valence-electron chi connectivity index (χ3n) is 4.12. The van der Waals surface area contributed by atoms with Crippen molar-refractivity contribution in [1.82, 2.24) is 10.6 Å². The third kappa shape index (κ3) is 7.20. The van der Waals surface area contributed by atoms with Crippen LogP contribution in [-0.2, 0) is 22.7 Å². The summed E-state index contributed by atoms with van der Waals surface area (Å²) in [4.78, 5) is 12.3. The Labute approximate surface area is 152 Å². The van der Waals surface area contributed by atoms with Gasteiger partial charge >= 0.3 is 0 Å². The van der Waals surface area contributed by atoms with Gasteiger partial charge in [0.25, 0.3) is 0 Å². The van der Waals surface area contributed by atoms with Crippen molar-refractivity contribution in [3.05, 3.63) is 35.4 Å². The number of ether oxygens (including phenoxy) is 1. The van der Waals surface area contributed by atoms with Crippen LogP contribution in [0.5, 0.6) is 0 Å². The van der Waals surface area contributed by atoms with Gasteiger partial charge in [0.2, 0.25) is 5.91 Å². The zero-order valence-corrected chi connectivity index (χ0v) is 16.0. The van der Waals surface area contributed by atoms with E-state index >= 15 is 0 Å². The smallest absolute Gasteiger partial charge is 0.223 e. The lowest BCUT2D eigenvalue weighted by Gasteiger charge is -2.27. The first-order valence-electron chi connectivity index (χ1n) is 8.56. The van der Waals surface area contributed by atoms with Crippen molar-refractivity contribution in [1.29, 1.82) is 0 Å². The minimum absolute atomic E-state index is 0. The van der Waals surface area contributed by atoms with E-state index in [4.69, 9.17) is 4.74 Å². The summed E-state index contributed by atoms with van der Waals surface area (Å²) in [6.45, 7) is 10.4. The zero-order valence-electron chi connectivity index (χ0n) is 15.2. The van der Waals surface area contributed by atoms with Gasteiger partial charge in [-0.15, -0.1) is 12.4 Å². The third-order valence-corrected chi connectivity index (χ3v) is 4.12. The summed E-state index contributed by atoms with van der Waals surface area (Å²) >= 11 is 0. The number of amides is 1. The van der Waals surface area contributed by atoms with Crippen LogP contribution in [0.25, 0.3) is 0 Å². The van der Waals surface area contributed by atoms with Crippen molar-refractivity contribution < 1.29 is 9.53 Å². The molecule has 1 fully saturated rings. The van der Waals surface area contributed by atoms with Crippen LogP contribution in [0.2, 0.25) is 0 Å². The molecule has 0 unspecified atom stereocenters. The highest BCUT2D eigenvalue weighted by atomic mass is 35.5. The normalized spacial score (nSPS) is 21.0. The van der Waals surface area contributed by atoms with Crippen LogP contribution in [0.4, 0.5) is 0 Å². The Kier molecular flexibility index (Phi) is 8.20. The molecule has 2 rings (SSSR count). The Balaban J connectivity index is 0.00000288. The van der Waals surface area contributed by atoms with E-state index in [0.717, 1.165) is 30.5 Å².